The Morgan fingerprint density at radius 2 is 1.94 bits per heavy atom. The summed E-state index contributed by atoms with van der Waals surface area (Å²) in [5.74, 6) is 0.755. The first-order chi connectivity index (χ1) is 16.3. The fraction of sp³-hybridized carbons (Fsp3) is 0.423. The van der Waals surface area contributed by atoms with Gasteiger partial charge in [0.05, 0.1) is 18.2 Å². The summed E-state index contributed by atoms with van der Waals surface area (Å²) in [6.07, 6.45) is 1.01. The normalized spacial score (nSPS) is 24.1. The maximum Gasteiger partial charge on any atom is 0.310 e. The average Bonchev–Trinajstić information content (AvgIpc) is 3.52. The third-order valence-corrected chi connectivity index (χ3v) is 6.40. The van der Waals surface area contributed by atoms with Gasteiger partial charge in [-0.3, -0.25) is 14.4 Å². The summed E-state index contributed by atoms with van der Waals surface area (Å²) in [5, 5.41) is 2.71. The van der Waals surface area contributed by atoms with Gasteiger partial charge in [-0.15, -0.1) is 0 Å². The van der Waals surface area contributed by atoms with Gasteiger partial charge in [0.1, 0.15) is 23.4 Å². The van der Waals surface area contributed by atoms with E-state index in [1.54, 1.807) is 19.1 Å². The van der Waals surface area contributed by atoms with Crippen LogP contribution in [0, 0.1) is 5.92 Å². The Morgan fingerprint density at radius 1 is 1.12 bits per heavy atom. The van der Waals surface area contributed by atoms with Crippen molar-refractivity contribution in [2.75, 3.05) is 18.5 Å². The van der Waals surface area contributed by atoms with Gasteiger partial charge in [0.25, 0.3) is 5.91 Å². The topological polar surface area (TPSA) is 100 Å². The highest BCUT2D eigenvalue weighted by Gasteiger charge is 2.47. The van der Waals surface area contributed by atoms with Crippen molar-refractivity contribution in [1.29, 1.82) is 0 Å². The van der Waals surface area contributed by atoms with Crippen molar-refractivity contribution >= 4 is 23.3 Å². The van der Waals surface area contributed by atoms with E-state index in [0.29, 0.717) is 30.0 Å². The minimum absolute atomic E-state index is 0.0212. The number of benzene rings is 2. The Bertz CT molecular complexity index is 1170. The summed E-state index contributed by atoms with van der Waals surface area (Å²) >= 11 is 0. The highest BCUT2D eigenvalue weighted by molar-refractivity contribution is 6.02. The molecule has 178 valence electrons. The van der Waals surface area contributed by atoms with Crippen LogP contribution in [0.5, 0.6) is 17.2 Å². The molecule has 4 atom stereocenters. The van der Waals surface area contributed by atoms with E-state index in [0.717, 1.165) is 29.0 Å². The lowest BCUT2D eigenvalue weighted by Gasteiger charge is -2.23. The van der Waals surface area contributed by atoms with Crippen LogP contribution in [0.2, 0.25) is 0 Å². The zero-order valence-electron chi connectivity index (χ0n) is 19.4. The third-order valence-electron chi connectivity index (χ3n) is 6.40. The molecule has 3 aliphatic rings. The Morgan fingerprint density at radius 3 is 2.74 bits per heavy atom. The maximum atomic E-state index is 12.7. The zero-order chi connectivity index (χ0) is 24.0. The number of esters is 1. The number of carbonyl (C=O) groups excluding carboxylic acids is 3. The Hall–Kier alpha value is -3.55. The summed E-state index contributed by atoms with van der Waals surface area (Å²) in [6, 6.07) is 8.76. The molecular weight excluding hydrogens is 438 g/mol. The van der Waals surface area contributed by atoms with E-state index in [1.165, 1.54) is 6.07 Å². The molecule has 2 aromatic rings. The number of rotatable bonds is 7. The molecule has 5 rings (SSSR count). The van der Waals surface area contributed by atoms with Crippen LogP contribution in [-0.2, 0) is 20.7 Å². The number of ketones is 1. The molecule has 1 saturated carbocycles. The van der Waals surface area contributed by atoms with Gasteiger partial charge in [0.2, 0.25) is 0 Å². The van der Waals surface area contributed by atoms with Crippen molar-refractivity contribution in [2.24, 2.45) is 5.92 Å². The quantitative estimate of drug-likeness (QED) is 0.492. The standard InChI is InChI=1S/C26H27NO7/c1-4-31-24-9-16-7-13(2)33-23(16)11-18(24)17-10-19(17)26(30)32-12-21(28)15-5-6-22-20(8-15)27-25(29)14(3)34-22/h5-6,8-9,11,13-14,17,19H,4,7,10,12H2,1-3H3,(H,27,29). The molecule has 0 saturated heterocycles. The van der Waals surface area contributed by atoms with Crippen LogP contribution >= 0.6 is 0 Å². The molecule has 2 aromatic carbocycles. The Balaban J connectivity index is 1.22. The van der Waals surface area contributed by atoms with Gasteiger partial charge >= 0.3 is 5.97 Å². The zero-order valence-corrected chi connectivity index (χ0v) is 19.4. The highest BCUT2D eigenvalue weighted by Crippen LogP contribution is 2.53. The van der Waals surface area contributed by atoms with Crippen LogP contribution in [0.1, 0.15) is 54.6 Å². The Kier molecular flexibility index (Phi) is 5.67. The summed E-state index contributed by atoms with van der Waals surface area (Å²) < 4.78 is 22.6. The van der Waals surface area contributed by atoms with Crippen LogP contribution in [0.15, 0.2) is 30.3 Å². The van der Waals surface area contributed by atoms with Crippen LogP contribution < -0.4 is 19.5 Å². The molecule has 0 aromatic heterocycles. The first-order valence-corrected chi connectivity index (χ1v) is 11.6. The van der Waals surface area contributed by atoms with Crippen LogP contribution in [0.4, 0.5) is 5.69 Å². The van der Waals surface area contributed by atoms with Gasteiger partial charge in [-0.05, 0) is 57.5 Å². The van der Waals surface area contributed by atoms with Crippen molar-refractivity contribution < 1.29 is 33.3 Å². The van der Waals surface area contributed by atoms with E-state index in [9.17, 15) is 14.4 Å². The van der Waals surface area contributed by atoms with Gasteiger partial charge in [-0.1, -0.05) is 0 Å². The molecule has 34 heavy (non-hydrogen) atoms. The number of amides is 1. The second kappa shape index (κ2) is 8.66. The van der Waals surface area contributed by atoms with E-state index in [2.05, 4.69) is 5.32 Å². The lowest BCUT2D eigenvalue weighted by Crippen LogP contribution is -2.34. The molecular formula is C26H27NO7. The van der Waals surface area contributed by atoms with Crippen LogP contribution in [0.3, 0.4) is 0 Å². The number of hydrogen-bond acceptors (Lipinski definition) is 7. The fourth-order valence-electron chi connectivity index (χ4n) is 4.53. The van der Waals surface area contributed by atoms with E-state index < -0.39 is 12.1 Å². The largest absolute Gasteiger partial charge is 0.494 e. The predicted octanol–water partition coefficient (Wildman–Crippen LogP) is 3.66. The van der Waals surface area contributed by atoms with Crippen LogP contribution in [-0.4, -0.2) is 43.1 Å². The lowest BCUT2D eigenvalue weighted by molar-refractivity contribution is -0.144. The van der Waals surface area contributed by atoms with Crippen molar-refractivity contribution in [2.45, 2.75) is 51.7 Å². The SMILES string of the molecule is CCOc1cc2c(cc1C1CC1C(=O)OCC(=O)c1ccc3c(c1)NC(=O)C(C)O3)OC(C)C2. The Labute approximate surface area is 197 Å². The van der Waals surface area contributed by atoms with Crippen molar-refractivity contribution in [1.82, 2.24) is 0 Å². The first-order valence-electron chi connectivity index (χ1n) is 11.6. The number of nitrogens with one attached hydrogen (secondary N) is 1. The summed E-state index contributed by atoms with van der Waals surface area (Å²) in [5.41, 5.74) is 2.83. The second-order valence-electron chi connectivity index (χ2n) is 9.00. The molecule has 8 heteroatoms. The summed E-state index contributed by atoms with van der Waals surface area (Å²) in [7, 11) is 0. The number of fused-ring (bicyclic) bond motifs is 2. The molecule has 4 unspecified atom stereocenters. The minimum atomic E-state index is -0.592. The molecule has 1 amide bonds. The first kappa shape index (κ1) is 22.3. The molecule has 2 heterocycles. The molecule has 0 bridgehead atoms. The smallest absolute Gasteiger partial charge is 0.310 e. The minimum Gasteiger partial charge on any atom is -0.494 e. The molecule has 8 nitrogen and oxygen atoms in total. The number of anilines is 1. The highest BCUT2D eigenvalue weighted by atomic mass is 16.5. The van der Waals surface area contributed by atoms with Crippen molar-refractivity contribution in [3.8, 4) is 17.2 Å². The summed E-state index contributed by atoms with van der Waals surface area (Å²) in [4.78, 5) is 37.1. The van der Waals surface area contributed by atoms with Crippen molar-refractivity contribution in [3.05, 3.63) is 47.0 Å². The molecule has 0 spiro atoms. The van der Waals surface area contributed by atoms with E-state index in [4.69, 9.17) is 18.9 Å². The van der Waals surface area contributed by atoms with Gasteiger partial charge in [0.15, 0.2) is 18.5 Å². The number of carbonyl (C=O) groups is 3. The lowest BCUT2D eigenvalue weighted by atomic mass is 10.0. The van der Waals surface area contributed by atoms with Crippen LogP contribution in [0.25, 0.3) is 0 Å². The molecule has 0 radical (unpaired) electrons. The average molecular weight is 466 g/mol. The maximum absolute atomic E-state index is 12.7. The fourth-order valence-corrected chi connectivity index (χ4v) is 4.53. The van der Waals surface area contributed by atoms with Gasteiger partial charge in [-0.25, -0.2) is 0 Å². The number of ether oxygens (including phenoxy) is 4. The molecule has 1 N–H and O–H groups in total. The number of hydrogen-bond donors (Lipinski definition) is 1. The van der Waals surface area contributed by atoms with E-state index in [-0.39, 0.29) is 36.2 Å². The van der Waals surface area contributed by atoms with E-state index in [1.807, 2.05) is 26.0 Å². The van der Waals surface area contributed by atoms with Crippen molar-refractivity contribution in [3.63, 3.8) is 0 Å². The third kappa shape index (κ3) is 4.20. The van der Waals surface area contributed by atoms with Gasteiger partial charge in [-0.2, -0.15) is 0 Å². The number of Topliss-reactive ketones (excluding diaryl/α,β-unsaturated/α-hetero) is 1. The molecule has 2 aliphatic heterocycles. The molecule has 1 fully saturated rings. The van der Waals surface area contributed by atoms with E-state index >= 15 is 0 Å². The second-order valence-corrected chi connectivity index (χ2v) is 9.00. The van der Waals surface area contributed by atoms with Gasteiger partial charge in [0, 0.05) is 29.0 Å². The summed E-state index contributed by atoms with van der Waals surface area (Å²) in [6.45, 7) is 5.77. The molecule has 1 aliphatic carbocycles. The monoisotopic (exact) mass is 465 g/mol. The predicted molar refractivity (Wildman–Crippen MR) is 123 cm³/mol. The van der Waals surface area contributed by atoms with Gasteiger partial charge < -0.3 is 24.3 Å².